The molecule has 0 saturated carbocycles. The highest BCUT2D eigenvalue weighted by Crippen LogP contribution is 2.08. The molecule has 17 heavy (non-hydrogen) atoms. The zero-order valence-corrected chi connectivity index (χ0v) is 9.23. The summed E-state index contributed by atoms with van der Waals surface area (Å²) in [6, 6.07) is 0. The molecule has 0 bridgehead atoms. The number of aromatic nitrogens is 1. The molecule has 1 aliphatic carbocycles. The summed E-state index contributed by atoms with van der Waals surface area (Å²) in [7, 11) is -2.34. The van der Waals surface area contributed by atoms with Crippen LogP contribution < -0.4 is 10.6 Å². The predicted octanol–water partition coefficient (Wildman–Crippen LogP) is -1.50. The number of carboxylic acids is 1. The number of hydrogen-bond donors (Lipinski definition) is 2. The zero-order valence-electron chi connectivity index (χ0n) is 8.41. The van der Waals surface area contributed by atoms with Crippen LogP contribution in [0, 0.1) is 0 Å². The number of hydrogen-bond acceptors (Lipinski definition) is 5. The number of carboxylic acid groups (broad SMARTS) is 1. The number of nitrogens with zero attached hydrogens (tertiary/aromatic N) is 1. The average Bonchev–Trinajstić information content (AvgIpc) is 2.28. The minimum atomic E-state index is -2.34. The molecule has 88 valence electrons. The van der Waals surface area contributed by atoms with Gasteiger partial charge in [0, 0.05) is 17.8 Å². The first-order valence-corrected chi connectivity index (χ1v) is 5.66. The van der Waals surface area contributed by atoms with E-state index in [-0.39, 0.29) is 27.4 Å². The number of pyridine rings is 1. The van der Waals surface area contributed by atoms with Crippen molar-refractivity contribution in [2.24, 2.45) is 0 Å². The standard InChI is InChI=1S/C10H7NO5S/c12-9-6-2-1-5(17(15)16)3-8(6)11-4-7(9)10(13)14/h2-4,12H,1H2,(H,13,14). The van der Waals surface area contributed by atoms with Crippen molar-refractivity contribution in [3.63, 3.8) is 0 Å². The fraction of sp³-hybridized carbons (Fsp3) is 0.100. The summed E-state index contributed by atoms with van der Waals surface area (Å²) < 4.78 is 21.5. The molecule has 1 aromatic rings. The van der Waals surface area contributed by atoms with Crippen LogP contribution in [-0.4, -0.2) is 34.4 Å². The van der Waals surface area contributed by atoms with E-state index in [1.807, 2.05) is 0 Å². The summed E-state index contributed by atoms with van der Waals surface area (Å²) >= 11 is 0. The molecule has 1 aliphatic rings. The smallest absolute Gasteiger partial charge is 0.341 e. The lowest BCUT2D eigenvalue weighted by Crippen LogP contribution is -2.33. The van der Waals surface area contributed by atoms with Crippen molar-refractivity contribution >= 4 is 33.3 Å². The maximum absolute atomic E-state index is 10.8. The van der Waals surface area contributed by atoms with Crippen LogP contribution in [0.5, 0.6) is 5.75 Å². The van der Waals surface area contributed by atoms with Gasteiger partial charge >= 0.3 is 5.97 Å². The summed E-state index contributed by atoms with van der Waals surface area (Å²) in [5.41, 5.74) is -0.305. The Balaban J connectivity index is 2.83. The lowest BCUT2D eigenvalue weighted by atomic mass is 10.1. The molecular weight excluding hydrogens is 246 g/mol. The Bertz CT molecular complexity index is 753. The van der Waals surface area contributed by atoms with Crippen molar-refractivity contribution in [3.05, 3.63) is 22.3 Å². The Morgan fingerprint density at radius 3 is 2.71 bits per heavy atom. The normalized spacial score (nSPS) is 13.3. The Kier molecular flexibility index (Phi) is 2.68. The first kappa shape index (κ1) is 11.3. The minimum absolute atomic E-state index is 0.113. The van der Waals surface area contributed by atoms with E-state index in [0.29, 0.717) is 0 Å². The predicted molar refractivity (Wildman–Crippen MR) is 59.6 cm³/mol. The zero-order chi connectivity index (χ0) is 12.6. The van der Waals surface area contributed by atoms with E-state index in [9.17, 15) is 18.3 Å². The number of carbonyl (C=O) groups is 1. The molecule has 7 heteroatoms. The molecular formula is C10H7NO5S. The summed E-state index contributed by atoms with van der Waals surface area (Å²) in [6.07, 6.45) is 3.86. The van der Waals surface area contributed by atoms with Gasteiger partial charge in [-0.25, -0.2) is 4.79 Å². The monoisotopic (exact) mass is 253 g/mol. The van der Waals surface area contributed by atoms with E-state index in [1.165, 1.54) is 12.2 Å². The highest BCUT2D eigenvalue weighted by Gasteiger charge is 2.14. The van der Waals surface area contributed by atoms with Crippen molar-refractivity contribution in [2.45, 2.75) is 6.42 Å². The summed E-state index contributed by atoms with van der Waals surface area (Å²) in [5, 5.41) is 19.0. The van der Waals surface area contributed by atoms with Gasteiger partial charge in [-0.1, -0.05) is 6.08 Å². The maximum Gasteiger partial charge on any atom is 0.341 e. The Morgan fingerprint density at radius 2 is 2.12 bits per heavy atom. The lowest BCUT2D eigenvalue weighted by Gasteiger charge is -2.04. The van der Waals surface area contributed by atoms with Crippen molar-refractivity contribution in [1.29, 1.82) is 0 Å². The van der Waals surface area contributed by atoms with Crippen LogP contribution in [0.15, 0.2) is 6.20 Å². The Morgan fingerprint density at radius 1 is 1.41 bits per heavy atom. The van der Waals surface area contributed by atoms with E-state index >= 15 is 0 Å². The molecule has 0 atom stereocenters. The van der Waals surface area contributed by atoms with Gasteiger partial charge in [0.25, 0.3) is 0 Å². The number of fused-ring (bicyclic) bond motifs is 1. The van der Waals surface area contributed by atoms with E-state index in [2.05, 4.69) is 4.98 Å². The van der Waals surface area contributed by atoms with Gasteiger partial charge in [0.05, 0.1) is 10.2 Å². The summed E-state index contributed by atoms with van der Waals surface area (Å²) in [6.45, 7) is 0. The third-order valence-corrected chi connectivity index (χ3v) is 3.08. The quantitative estimate of drug-likeness (QED) is 0.590. The second-order valence-electron chi connectivity index (χ2n) is 3.38. The van der Waals surface area contributed by atoms with E-state index in [1.54, 1.807) is 0 Å². The van der Waals surface area contributed by atoms with Gasteiger partial charge in [0.2, 0.25) is 10.3 Å². The largest absolute Gasteiger partial charge is 0.506 e. The van der Waals surface area contributed by atoms with E-state index in [4.69, 9.17) is 5.11 Å². The molecule has 0 amide bonds. The molecule has 1 heterocycles. The van der Waals surface area contributed by atoms with Gasteiger partial charge in [-0.2, -0.15) is 8.42 Å². The minimum Gasteiger partial charge on any atom is -0.506 e. The second-order valence-corrected chi connectivity index (χ2v) is 4.37. The Hall–Kier alpha value is -2.15. The first-order chi connectivity index (χ1) is 8.00. The van der Waals surface area contributed by atoms with Gasteiger partial charge in [-0.15, -0.1) is 0 Å². The average molecular weight is 253 g/mol. The molecule has 0 unspecified atom stereocenters. The molecule has 0 aliphatic heterocycles. The fourth-order valence-electron chi connectivity index (χ4n) is 1.53. The van der Waals surface area contributed by atoms with Gasteiger partial charge in [-0.05, 0) is 6.08 Å². The third-order valence-electron chi connectivity index (χ3n) is 2.37. The van der Waals surface area contributed by atoms with Crippen LogP contribution in [0.4, 0.5) is 0 Å². The van der Waals surface area contributed by atoms with Crippen LogP contribution in [-0.2, 0) is 10.3 Å². The lowest BCUT2D eigenvalue weighted by molar-refractivity contribution is 0.0693. The van der Waals surface area contributed by atoms with Crippen LogP contribution >= 0.6 is 0 Å². The molecule has 0 radical (unpaired) electrons. The van der Waals surface area contributed by atoms with Crippen molar-refractivity contribution in [1.82, 2.24) is 4.98 Å². The Labute approximate surface area is 96.7 Å². The topological polar surface area (TPSA) is 105 Å². The third kappa shape index (κ3) is 1.92. The van der Waals surface area contributed by atoms with Gasteiger partial charge in [0.1, 0.15) is 11.3 Å². The van der Waals surface area contributed by atoms with Crippen LogP contribution in [0.25, 0.3) is 12.2 Å². The van der Waals surface area contributed by atoms with E-state index in [0.717, 1.165) is 6.20 Å². The highest BCUT2D eigenvalue weighted by molar-refractivity contribution is 7.73. The van der Waals surface area contributed by atoms with Crippen molar-refractivity contribution < 1.29 is 23.4 Å². The van der Waals surface area contributed by atoms with Crippen molar-refractivity contribution in [3.8, 4) is 5.75 Å². The number of rotatable bonds is 1. The fourth-order valence-corrected chi connectivity index (χ4v) is 1.96. The molecule has 0 aromatic carbocycles. The first-order valence-electron chi connectivity index (χ1n) is 4.59. The van der Waals surface area contributed by atoms with Gasteiger partial charge < -0.3 is 10.2 Å². The maximum atomic E-state index is 10.8. The number of aromatic carboxylic acids is 1. The van der Waals surface area contributed by atoms with Crippen molar-refractivity contribution in [2.75, 3.05) is 0 Å². The molecule has 0 spiro atoms. The van der Waals surface area contributed by atoms with E-state index < -0.39 is 22.0 Å². The molecule has 1 aromatic heterocycles. The molecule has 2 rings (SSSR count). The second kappa shape index (κ2) is 4.02. The summed E-state index contributed by atoms with van der Waals surface area (Å²) in [5.74, 6) is -1.68. The molecule has 2 N–H and O–H groups in total. The summed E-state index contributed by atoms with van der Waals surface area (Å²) in [4.78, 5) is 14.7. The van der Waals surface area contributed by atoms with Crippen LogP contribution in [0.3, 0.4) is 0 Å². The molecule has 0 fully saturated rings. The number of aromatic hydroxyl groups is 1. The SMILES string of the molecule is O=C(O)c1cnc2c(c1O)=CCC(=S(=O)=O)C=2. The molecule has 6 nitrogen and oxygen atoms in total. The van der Waals surface area contributed by atoms with Crippen LogP contribution in [0.2, 0.25) is 0 Å². The molecule has 0 saturated heterocycles. The van der Waals surface area contributed by atoms with Crippen LogP contribution in [0.1, 0.15) is 16.8 Å². The highest BCUT2D eigenvalue weighted by atomic mass is 32.2. The van der Waals surface area contributed by atoms with Gasteiger partial charge in [-0.3, -0.25) is 4.98 Å². The van der Waals surface area contributed by atoms with Gasteiger partial charge in [0.15, 0.2) is 0 Å².